The van der Waals surface area contributed by atoms with Gasteiger partial charge in [0.1, 0.15) is 11.6 Å². The van der Waals surface area contributed by atoms with Crippen molar-refractivity contribution in [2.75, 3.05) is 23.1 Å². The smallest absolute Gasteiger partial charge is 0.339 e. The van der Waals surface area contributed by atoms with Crippen LogP contribution in [-0.2, 0) is 14.3 Å². The first kappa shape index (κ1) is 20.2. The van der Waals surface area contributed by atoms with Crippen LogP contribution in [0.25, 0.3) is 0 Å². The molecule has 0 heterocycles. The Hall–Kier alpha value is -4.12. The van der Waals surface area contributed by atoms with Gasteiger partial charge in [0.2, 0.25) is 5.91 Å². The van der Waals surface area contributed by atoms with Crippen molar-refractivity contribution >= 4 is 34.8 Å². The Morgan fingerprint density at radius 3 is 2.18 bits per heavy atom. The van der Waals surface area contributed by atoms with Crippen molar-refractivity contribution in [3.8, 4) is 6.07 Å². The molecule has 0 unspecified atom stereocenters. The normalized spacial score (nSPS) is 10.4. The molecule has 0 aliphatic carbocycles. The lowest BCUT2D eigenvalue weighted by Crippen LogP contribution is -2.15. The van der Waals surface area contributed by atoms with Crippen LogP contribution in [0, 0.1) is 11.3 Å². The number of rotatable bonds is 6. The van der Waals surface area contributed by atoms with Crippen LogP contribution in [0.15, 0.2) is 60.3 Å². The van der Waals surface area contributed by atoms with Crippen molar-refractivity contribution in [3.05, 3.63) is 65.9 Å². The molecule has 28 heavy (non-hydrogen) atoms. The second kappa shape index (κ2) is 9.54. The second-order valence-electron chi connectivity index (χ2n) is 5.56. The minimum atomic E-state index is -0.627. The molecule has 0 aliphatic heterocycles. The zero-order valence-electron chi connectivity index (χ0n) is 15.3. The number of nitrogens with one attached hydrogen (secondary N) is 3. The fraction of sp³-hybridized carbons (Fsp3) is 0.100. The molecule has 0 bridgehead atoms. The van der Waals surface area contributed by atoms with E-state index in [2.05, 4.69) is 16.0 Å². The number of carbonyl (C=O) groups excluding carboxylic acids is 3. The standard InChI is InChI=1S/C20H18N4O4/c1-13(25)23-15-7-9-16(10-8-15)24-19(26)14(11-21)12-22-18-6-4-3-5-17(18)20(27)28-2/h3-10,12,22H,1-2H3,(H,23,25)(H,24,26)/b14-12-. The van der Waals surface area contributed by atoms with Crippen LogP contribution < -0.4 is 16.0 Å². The van der Waals surface area contributed by atoms with E-state index in [4.69, 9.17) is 4.74 Å². The van der Waals surface area contributed by atoms with E-state index >= 15 is 0 Å². The van der Waals surface area contributed by atoms with E-state index in [9.17, 15) is 19.6 Å². The van der Waals surface area contributed by atoms with Crippen molar-refractivity contribution in [2.45, 2.75) is 6.92 Å². The van der Waals surface area contributed by atoms with Crippen LogP contribution in [0.4, 0.5) is 17.1 Å². The van der Waals surface area contributed by atoms with Gasteiger partial charge in [-0.05, 0) is 36.4 Å². The van der Waals surface area contributed by atoms with Crippen molar-refractivity contribution in [1.29, 1.82) is 5.26 Å². The molecule has 2 amide bonds. The average Bonchev–Trinajstić information content (AvgIpc) is 2.69. The fourth-order valence-electron chi connectivity index (χ4n) is 2.23. The van der Waals surface area contributed by atoms with Gasteiger partial charge in [0.25, 0.3) is 5.91 Å². The summed E-state index contributed by atoms with van der Waals surface area (Å²) in [7, 11) is 1.26. The zero-order chi connectivity index (χ0) is 20.5. The van der Waals surface area contributed by atoms with Gasteiger partial charge < -0.3 is 20.7 Å². The highest BCUT2D eigenvalue weighted by molar-refractivity contribution is 6.07. The van der Waals surface area contributed by atoms with Gasteiger partial charge in [-0.3, -0.25) is 9.59 Å². The molecule has 0 radical (unpaired) electrons. The zero-order valence-corrected chi connectivity index (χ0v) is 15.3. The number of nitrogens with zero attached hydrogens (tertiary/aromatic N) is 1. The lowest BCUT2D eigenvalue weighted by atomic mass is 10.2. The number of anilines is 3. The van der Waals surface area contributed by atoms with Gasteiger partial charge in [-0.15, -0.1) is 0 Å². The van der Waals surface area contributed by atoms with Crippen LogP contribution in [-0.4, -0.2) is 24.9 Å². The van der Waals surface area contributed by atoms with Gasteiger partial charge in [0, 0.05) is 24.5 Å². The van der Waals surface area contributed by atoms with Gasteiger partial charge in [-0.1, -0.05) is 12.1 Å². The maximum atomic E-state index is 12.3. The molecule has 2 aromatic rings. The summed E-state index contributed by atoms with van der Waals surface area (Å²) < 4.78 is 4.70. The quantitative estimate of drug-likeness (QED) is 0.404. The fourth-order valence-corrected chi connectivity index (χ4v) is 2.23. The number of ether oxygens (including phenoxy) is 1. The van der Waals surface area contributed by atoms with E-state index in [1.807, 2.05) is 0 Å². The number of nitriles is 1. The molecule has 8 heteroatoms. The molecule has 8 nitrogen and oxygen atoms in total. The van der Waals surface area contributed by atoms with Gasteiger partial charge >= 0.3 is 5.97 Å². The number of esters is 1. The highest BCUT2D eigenvalue weighted by atomic mass is 16.5. The van der Waals surface area contributed by atoms with Gasteiger partial charge in [0.15, 0.2) is 0 Å². The molecule has 2 rings (SSSR count). The first-order valence-electron chi connectivity index (χ1n) is 8.17. The summed E-state index contributed by atoms with van der Waals surface area (Å²) in [6, 6.07) is 14.8. The van der Waals surface area contributed by atoms with Crippen LogP contribution in [0.3, 0.4) is 0 Å². The van der Waals surface area contributed by atoms with E-state index in [0.29, 0.717) is 17.1 Å². The lowest BCUT2D eigenvalue weighted by molar-refractivity contribution is -0.114. The predicted octanol–water partition coefficient (Wildman–Crippen LogP) is 2.89. The minimum absolute atomic E-state index is 0.189. The molecule has 0 atom stereocenters. The summed E-state index contributed by atoms with van der Waals surface area (Å²) in [5, 5.41) is 17.2. The third-order valence-electron chi connectivity index (χ3n) is 3.53. The molecule has 0 saturated carbocycles. The minimum Gasteiger partial charge on any atom is -0.465 e. The first-order chi connectivity index (χ1) is 13.4. The summed E-state index contributed by atoms with van der Waals surface area (Å²) in [5.41, 5.74) is 1.52. The molecule has 0 saturated heterocycles. The third-order valence-corrected chi connectivity index (χ3v) is 3.53. The molecule has 2 aromatic carbocycles. The number of carbonyl (C=O) groups is 3. The van der Waals surface area contributed by atoms with Crippen molar-refractivity contribution in [3.63, 3.8) is 0 Å². The van der Waals surface area contributed by atoms with Crippen molar-refractivity contribution in [2.24, 2.45) is 0 Å². The number of amides is 2. The Bertz CT molecular complexity index is 959. The highest BCUT2D eigenvalue weighted by Crippen LogP contribution is 2.17. The van der Waals surface area contributed by atoms with E-state index in [1.54, 1.807) is 54.6 Å². The molecule has 142 valence electrons. The third kappa shape index (κ3) is 5.44. The Morgan fingerprint density at radius 2 is 1.61 bits per heavy atom. The molecule has 3 N–H and O–H groups in total. The SMILES string of the molecule is COC(=O)c1ccccc1N/C=C(/C#N)C(=O)Nc1ccc(NC(C)=O)cc1. The highest BCUT2D eigenvalue weighted by Gasteiger charge is 2.12. The number of para-hydroxylation sites is 1. The summed E-state index contributed by atoms with van der Waals surface area (Å²) in [6.45, 7) is 1.39. The number of benzene rings is 2. The van der Waals surface area contributed by atoms with Gasteiger partial charge in [0.05, 0.1) is 18.4 Å². The van der Waals surface area contributed by atoms with Gasteiger partial charge in [-0.2, -0.15) is 5.26 Å². The van der Waals surface area contributed by atoms with Crippen LogP contribution in [0.5, 0.6) is 0 Å². The predicted molar refractivity (Wildman–Crippen MR) is 104 cm³/mol. The monoisotopic (exact) mass is 378 g/mol. The van der Waals surface area contributed by atoms with Crippen LogP contribution >= 0.6 is 0 Å². The Kier molecular flexibility index (Phi) is 6.88. The Labute approximate surface area is 161 Å². The van der Waals surface area contributed by atoms with Crippen molar-refractivity contribution < 1.29 is 19.1 Å². The largest absolute Gasteiger partial charge is 0.465 e. The van der Waals surface area contributed by atoms with E-state index in [1.165, 1.54) is 20.2 Å². The van der Waals surface area contributed by atoms with E-state index in [0.717, 1.165) is 0 Å². The number of hydrogen-bond acceptors (Lipinski definition) is 6. The molecule has 0 fully saturated rings. The average molecular weight is 378 g/mol. The molecule has 0 aliphatic rings. The van der Waals surface area contributed by atoms with Crippen molar-refractivity contribution in [1.82, 2.24) is 0 Å². The lowest BCUT2D eigenvalue weighted by Gasteiger charge is -2.09. The number of methoxy groups -OCH3 is 1. The second-order valence-corrected chi connectivity index (χ2v) is 5.56. The first-order valence-corrected chi connectivity index (χ1v) is 8.17. The summed E-state index contributed by atoms with van der Waals surface area (Å²) in [5.74, 6) is -1.37. The molecular weight excluding hydrogens is 360 g/mol. The van der Waals surface area contributed by atoms with Crippen LogP contribution in [0.2, 0.25) is 0 Å². The summed E-state index contributed by atoms with van der Waals surface area (Å²) in [4.78, 5) is 35.1. The van der Waals surface area contributed by atoms with Crippen LogP contribution in [0.1, 0.15) is 17.3 Å². The maximum Gasteiger partial charge on any atom is 0.339 e. The molecular formula is C20H18N4O4. The van der Waals surface area contributed by atoms with E-state index < -0.39 is 11.9 Å². The summed E-state index contributed by atoms with van der Waals surface area (Å²) in [6.07, 6.45) is 1.21. The topological polar surface area (TPSA) is 120 Å². The van der Waals surface area contributed by atoms with E-state index in [-0.39, 0.29) is 17.0 Å². The Balaban J connectivity index is 2.11. The number of hydrogen-bond donors (Lipinski definition) is 3. The Morgan fingerprint density at radius 1 is 1.00 bits per heavy atom. The maximum absolute atomic E-state index is 12.3. The molecule has 0 spiro atoms. The van der Waals surface area contributed by atoms with Gasteiger partial charge in [-0.25, -0.2) is 4.79 Å². The molecule has 0 aromatic heterocycles. The summed E-state index contributed by atoms with van der Waals surface area (Å²) >= 11 is 0.